The maximum atomic E-state index is 13.2. The maximum absolute atomic E-state index is 13.2. The van der Waals surface area contributed by atoms with Crippen LogP contribution in [-0.4, -0.2) is 90.1 Å². The third kappa shape index (κ3) is 4.46. The average Bonchev–Trinajstić information content (AvgIpc) is 3.31. The van der Waals surface area contributed by atoms with Crippen LogP contribution in [0.25, 0.3) is 11.3 Å². The summed E-state index contributed by atoms with van der Waals surface area (Å²) in [6.07, 6.45) is 7.71. The molecular formula is C25H28N10O4. The van der Waals surface area contributed by atoms with E-state index in [0.717, 1.165) is 29.8 Å². The van der Waals surface area contributed by atoms with Gasteiger partial charge in [-0.1, -0.05) is 0 Å². The van der Waals surface area contributed by atoms with Crippen molar-refractivity contribution in [1.82, 2.24) is 34.4 Å². The van der Waals surface area contributed by atoms with Crippen molar-refractivity contribution in [2.24, 2.45) is 11.8 Å². The fraction of sp³-hybridized carbons (Fsp3) is 0.440. The van der Waals surface area contributed by atoms with Gasteiger partial charge in [0.05, 0.1) is 31.0 Å². The van der Waals surface area contributed by atoms with Crippen molar-refractivity contribution in [3.8, 4) is 11.3 Å². The van der Waals surface area contributed by atoms with Gasteiger partial charge in [0.2, 0.25) is 18.2 Å². The van der Waals surface area contributed by atoms with Crippen molar-refractivity contribution in [1.29, 1.82) is 0 Å². The second kappa shape index (κ2) is 9.38. The summed E-state index contributed by atoms with van der Waals surface area (Å²) in [6, 6.07) is -0.868. The zero-order valence-corrected chi connectivity index (χ0v) is 21.7. The van der Waals surface area contributed by atoms with Gasteiger partial charge in [-0.25, -0.2) is 19.9 Å². The number of aliphatic hydroxyl groups is 1. The molecular weight excluding hydrogens is 504 g/mol. The van der Waals surface area contributed by atoms with Crippen molar-refractivity contribution in [3.05, 3.63) is 36.8 Å². The van der Waals surface area contributed by atoms with Crippen LogP contribution in [0.15, 0.2) is 31.1 Å². The lowest BCUT2D eigenvalue weighted by Gasteiger charge is -2.38. The second-order valence-electron chi connectivity index (χ2n) is 10.3. The highest BCUT2D eigenvalue weighted by atomic mass is 16.3. The molecule has 3 aromatic heterocycles. The zero-order chi connectivity index (χ0) is 27.4. The van der Waals surface area contributed by atoms with Gasteiger partial charge >= 0.3 is 0 Å². The first-order chi connectivity index (χ1) is 18.7. The number of anilines is 3. The third-order valence-corrected chi connectivity index (χ3v) is 7.47. The Morgan fingerprint density at radius 2 is 1.85 bits per heavy atom. The summed E-state index contributed by atoms with van der Waals surface area (Å²) in [5.41, 5.74) is 1.27. The van der Waals surface area contributed by atoms with Crippen LogP contribution >= 0.6 is 0 Å². The lowest BCUT2D eigenvalue weighted by atomic mass is 10.2. The van der Waals surface area contributed by atoms with Crippen LogP contribution in [0.3, 0.4) is 0 Å². The fourth-order valence-corrected chi connectivity index (χ4v) is 5.16. The van der Waals surface area contributed by atoms with Crippen LogP contribution in [0.1, 0.15) is 36.8 Å². The summed E-state index contributed by atoms with van der Waals surface area (Å²) < 4.78 is 1.41. The number of fused-ring (bicyclic) bond motifs is 2. The number of nitrogens with one attached hydrogen (secondary N) is 1. The van der Waals surface area contributed by atoms with Crippen molar-refractivity contribution >= 4 is 35.2 Å². The minimum absolute atomic E-state index is 0.0964. The number of aliphatic hydroxyl groups excluding tert-OH is 1. The molecule has 0 spiro atoms. The van der Waals surface area contributed by atoms with Crippen LogP contribution in [0.4, 0.5) is 17.6 Å². The highest BCUT2D eigenvalue weighted by Gasteiger charge is 2.45. The molecule has 14 heteroatoms. The molecule has 3 aromatic rings. The summed E-state index contributed by atoms with van der Waals surface area (Å²) in [6.45, 7) is 4.66. The van der Waals surface area contributed by atoms with Gasteiger partial charge in [0.1, 0.15) is 11.8 Å². The smallest absolute Gasteiger partial charge is 0.278 e. The molecule has 3 unspecified atom stereocenters. The number of hydrogen-bond acceptors (Lipinski definition) is 11. The van der Waals surface area contributed by atoms with Gasteiger partial charge in [-0.15, -0.1) is 0 Å². The van der Waals surface area contributed by atoms with Gasteiger partial charge in [-0.3, -0.25) is 24.3 Å². The number of imidazole rings is 1. The van der Waals surface area contributed by atoms with E-state index in [1.165, 1.54) is 35.3 Å². The monoisotopic (exact) mass is 532 g/mol. The summed E-state index contributed by atoms with van der Waals surface area (Å²) in [4.78, 5) is 64.5. The quantitative estimate of drug-likeness (QED) is 0.437. The number of aromatic nitrogens is 6. The topological polar surface area (TPSA) is 163 Å². The fourth-order valence-electron chi connectivity index (χ4n) is 5.16. The molecule has 1 saturated heterocycles. The van der Waals surface area contributed by atoms with Gasteiger partial charge in [0, 0.05) is 38.1 Å². The van der Waals surface area contributed by atoms with Gasteiger partial charge in [0.25, 0.3) is 5.91 Å². The number of Topliss-reactive ketones (excluding diaryl/α,β-unsaturated/α-hetero) is 1. The van der Waals surface area contributed by atoms with Crippen molar-refractivity contribution in [2.45, 2.75) is 32.7 Å². The molecule has 6 rings (SSSR count). The Morgan fingerprint density at radius 3 is 2.54 bits per heavy atom. The van der Waals surface area contributed by atoms with Crippen molar-refractivity contribution in [2.75, 3.05) is 41.8 Å². The number of amides is 2. The molecule has 14 nitrogen and oxygen atoms in total. The van der Waals surface area contributed by atoms with Gasteiger partial charge in [0.15, 0.2) is 17.3 Å². The number of nitrogens with zero attached hydrogens (tertiary/aromatic N) is 9. The molecule has 39 heavy (non-hydrogen) atoms. The van der Waals surface area contributed by atoms with Gasteiger partial charge in [-0.05, 0) is 32.1 Å². The number of hydrogen-bond donors (Lipinski definition) is 2. The average molecular weight is 533 g/mol. The molecule has 5 heterocycles. The summed E-state index contributed by atoms with van der Waals surface area (Å²) in [7, 11) is 1.55. The van der Waals surface area contributed by atoms with E-state index in [9.17, 15) is 19.5 Å². The highest BCUT2D eigenvalue weighted by Crippen LogP contribution is 2.45. The van der Waals surface area contributed by atoms with E-state index in [1.807, 2.05) is 0 Å². The lowest BCUT2D eigenvalue weighted by molar-refractivity contribution is -0.120. The van der Waals surface area contributed by atoms with Gasteiger partial charge < -0.3 is 24.8 Å². The maximum Gasteiger partial charge on any atom is 0.278 e. The van der Waals surface area contributed by atoms with Crippen LogP contribution in [-0.2, 0) is 9.59 Å². The van der Waals surface area contributed by atoms with Crippen molar-refractivity contribution in [3.63, 3.8) is 0 Å². The number of ketones is 1. The Balaban J connectivity index is 1.18. The summed E-state index contributed by atoms with van der Waals surface area (Å²) in [5, 5.41) is 13.2. The summed E-state index contributed by atoms with van der Waals surface area (Å²) >= 11 is 0. The van der Waals surface area contributed by atoms with Gasteiger partial charge in [-0.2, -0.15) is 0 Å². The van der Waals surface area contributed by atoms with E-state index in [2.05, 4.69) is 35.1 Å². The molecule has 1 aliphatic carbocycles. The third-order valence-electron chi connectivity index (χ3n) is 7.47. The van der Waals surface area contributed by atoms with E-state index in [4.69, 9.17) is 0 Å². The number of rotatable bonds is 7. The lowest BCUT2D eigenvalue weighted by Crippen LogP contribution is -2.55. The predicted octanol–water partition coefficient (Wildman–Crippen LogP) is 0.543. The minimum atomic E-state index is -1.35. The molecule has 2 amide bonds. The summed E-state index contributed by atoms with van der Waals surface area (Å²) in [5.74, 6) is 1.35. The number of carbonyl (C=O) groups excluding carboxylic acids is 3. The first-order valence-corrected chi connectivity index (χ1v) is 12.7. The molecule has 202 valence electrons. The molecule has 1 saturated carbocycles. The van der Waals surface area contributed by atoms with Crippen LogP contribution in [0, 0.1) is 11.8 Å². The number of piperidine rings is 1. The Bertz CT molecular complexity index is 1450. The second-order valence-corrected chi connectivity index (χ2v) is 10.3. The molecule has 4 atom stereocenters. The van der Waals surface area contributed by atoms with Crippen LogP contribution in [0.2, 0.25) is 0 Å². The normalized spacial score (nSPS) is 22.4. The van der Waals surface area contributed by atoms with E-state index in [-0.39, 0.29) is 29.7 Å². The van der Waals surface area contributed by atoms with E-state index >= 15 is 0 Å². The Labute approximate surface area is 223 Å². The Morgan fingerprint density at radius 1 is 1.13 bits per heavy atom. The molecule has 0 aromatic carbocycles. The molecule has 2 aliphatic heterocycles. The largest absolute Gasteiger partial charge is 0.356 e. The SMILES string of the molecule is CC(=O)CN1C(=O)c2c(ncn2[C@@H](C)C(=O)Nc2cncc(-c3cnc(N4CC5CC5C4)nc3)n2)N(C)C1O. The van der Waals surface area contributed by atoms with Crippen LogP contribution in [0.5, 0.6) is 0 Å². The molecule has 3 aliphatic rings. The number of carbonyl (C=O) groups is 3. The first-order valence-electron chi connectivity index (χ1n) is 12.7. The van der Waals surface area contributed by atoms with E-state index in [1.54, 1.807) is 32.6 Å². The van der Waals surface area contributed by atoms with Crippen LogP contribution < -0.4 is 15.1 Å². The molecule has 2 fully saturated rings. The van der Waals surface area contributed by atoms with E-state index < -0.39 is 24.2 Å². The minimum Gasteiger partial charge on any atom is -0.356 e. The zero-order valence-electron chi connectivity index (χ0n) is 21.7. The first kappa shape index (κ1) is 24.9. The standard InChI is InChI=1S/C25H28N10O4/c1-13(36)9-34-23(38)20-21(32(3)25(34)39)29-12-35(20)14(2)22(37)31-19-8-26-7-18(30-19)17-5-27-24(28-6-17)33-10-15-4-16(15)11-33/h5-8,12,14-16,25,39H,4,9-11H2,1-3H3,(H,30,31,37)/t14-,15?,16?,25?/m0/s1. The predicted molar refractivity (Wildman–Crippen MR) is 139 cm³/mol. The van der Waals surface area contributed by atoms with Crippen molar-refractivity contribution < 1.29 is 19.5 Å². The van der Waals surface area contributed by atoms with E-state index in [0.29, 0.717) is 17.2 Å². The molecule has 0 radical (unpaired) electrons. The Kier molecular flexibility index (Phi) is 5.98. The molecule has 2 N–H and O–H groups in total. The molecule has 0 bridgehead atoms. The Hall–Kier alpha value is -4.46. The highest BCUT2D eigenvalue weighted by molar-refractivity contribution is 6.02.